The first-order valence-corrected chi connectivity index (χ1v) is 7.51. The van der Waals surface area contributed by atoms with Gasteiger partial charge in [-0.25, -0.2) is 9.79 Å². The Morgan fingerprint density at radius 1 is 1.38 bits per heavy atom. The molecular formula is C17H19NO3. The summed E-state index contributed by atoms with van der Waals surface area (Å²) in [6, 6.07) is 7.61. The number of nitrogens with zero attached hydrogens (tertiary/aromatic N) is 1. The number of carbonyl (C=O) groups is 1. The van der Waals surface area contributed by atoms with Crippen LogP contribution in [-0.4, -0.2) is 18.5 Å². The van der Waals surface area contributed by atoms with Crippen LogP contribution in [0.25, 0.3) is 6.08 Å². The van der Waals surface area contributed by atoms with Gasteiger partial charge in [0.05, 0.1) is 6.61 Å². The molecule has 1 aromatic rings. The van der Waals surface area contributed by atoms with Crippen LogP contribution >= 0.6 is 0 Å². The van der Waals surface area contributed by atoms with Crippen molar-refractivity contribution in [1.82, 2.24) is 0 Å². The van der Waals surface area contributed by atoms with Crippen molar-refractivity contribution in [2.75, 3.05) is 6.61 Å². The summed E-state index contributed by atoms with van der Waals surface area (Å²) in [5, 5.41) is 0. The van der Waals surface area contributed by atoms with Crippen molar-refractivity contribution < 1.29 is 14.3 Å². The van der Waals surface area contributed by atoms with E-state index in [9.17, 15) is 4.79 Å². The summed E-state index contributed by atoms with van der Waals surface area (Å²) in [5.74, 6) is 1.36. The largest absolute Gasteiger partial charge is 0.494 e. The average molecular weight is 285 g/mol. The number of benzene rings is 1. The number of aliphatic imine (C=N–C) groups is 1. The Morgan fingerprint density at radius 2 is 2.19 bits per heavy atom. The van der Waals surface area contributed by atoms with Gasteiger partial charge in [0.1, 0.15) is 5.75 Å². The molecule has 0 saturated heterocycles. The highest BCUT2D eigenvalue weighted by molar-refractivity contribution is 6.07. The summed E-state index contributed by atoms with van der Waals surface area (Å²) in [5.41, 5.74) is 1.27. The minimum atomic E-state index is -0.348. The van der Waals surface area contributed by atoms with E-state index in [0.29, 0.717) is 24.1 Å². The van der Waals surface area contributed by atoms with Crippen molar-refractivity contribution in [2.45, 2.75) is 32.6 Å². The maximum atomic E-state index is 11.9. The predicted octanol–water partition coefficient (Wildman–Crippen LogP) is 3.57. The number of carbonyl (C=O) groups excluding carboxylic acids is 1. The molecule has 21 heavy (non-hydrogen) atoms. The lowest BCUT2D eigenvalue weighted by molar-refractivity contribution is -0.130. The summed E-state index contributed by atoms with van der Waals surface area (Å²) < 4.78 is 10.8. The SMILES string of the molecule is CCOc1cccc(/C=C2/N=C(C3CCCC3)OC2=O)c1. The van der Waals surface area contributed by atoms with Gasteiger partial charge >= 0.3 is 5.97 Å². The number of ether oxygens (including phenoxy) is 2. The number of hydrogen-bond acceptors (Lipinski definition) is 4. The second-order valence-corrected chi connectivity index (χ2v) is 5.36. The molecule has 1 aliphatic carbocycles. The van der Waals surface area contributed by atoms with Gasteiger partial charge in [-0.3, -0.25) is 0 Å². The van der Waals surface area contributed by atoms with Gasteiger partial charge < -0.3 is 9.47 Å². The van der Waals surface area contributed by atoms with E-state index in [0.717, 1.165) is 24.2 Å². The fraction of sp³-hybridized carbons (Fsp3) is 0.412. The molecule has 2 aliphatic rings. The monoisotopic (exact) mass is 285 g/mol. The third kappa shape index (κ3) is 3.15. The molecule has 1 aromatic carbocycles. The summed E-state index contributed by atoms with van der Waals surface area (Å²) >= 11 is 0. The van der Waals surface area contributed by atoms with Crippen molar-refractivity contribution in [3.63, 3.8) is 0 Å². The van der Waals surface area contributed by atoms with Crippen LogP contribution in [0.1, 0.15) is 38.2 Å². The summed E-state index contributed by atoms with van der Waals surface area (Å²) in [6.45, 7) is 2.56. The first-order chi connectivity index (χ1) is 10.3. The minimum Gasteiger partial charge on any atom is -0.494 e. The van der Waals surface area contributed by atoms with E-state index < -0.39 is 0 Å². The molecule has 0 radical (unpaired) electrons. The van der Waals surface area contributed by atoms with E-state index in [2.05, 4.69) is 4.99 Å². The number of esters is 1. The highest BCUT2D eigenvalue weighted by Crippen LogP contribution is 2.30. The molecule has 0 bridgehead atoms. The van der Waals surface area contributed by atoms with Crippen molar-refractivity contribution in [3.05, 3.63) is 35.5 Å². The van der Waals surface area contributed by atoms with Crippen LogP contribution in [0.15, 0.2) is 35.0 Å². The van der Waals surface area contributed by atoms with E-state index in [1.807, 2.05) is 31.2 Å². The van der Waals surface area contributed by atoms with Crippen LogP contribution in [0.5, 0.6) is 5.75 Å². The van der Waals surface area contributed by atoms with Crippen LogP contribution in [0.3, 0.4) is 0 Å². The maximum Gasteiger partial charge on any atom is 0.363 e. The lowest BCUT2D eigenvalue weighted by Crippen LogP contribution is -2.12. The highest BCUT2D eigenvalue weighted by atomic mass is 16.6. The van der Waals surface area contributed by atoms with Crippen LogP contribution in [0.4, 0.5) is 0 Å². The molecule has 0 amide bonds. The first-order valence-electron chi connectivity index (χ1n) is 7.51. The molecule has 1 fully saturated rings. The van der Waals surface area contributed by atoms with Gasteiger partial charge in [0.2, 0.25) is 5.90 Å². The van der Waals surface area contributed by atoms with Crippen LogP contribution < -0.4 is 4.74 Å². The Labute approximate surface area is 124 Å². The molecule has 4 nitrogen and oxygen atoms in total. The van der Waals surface area contributed by atoms with Crippen molar-refractivity contribution in [3.8, 4) is 5.75 Å². The lowest BCUT2D eigenvalue weighted by atomic mass is 10.1. The standard InChI is InChI=1S/C17H19NO3/c1-2-20-14-9-5-6-12(10-14)11-15-17(19)21-16(18-15)13-7-3-4-8-13/h5-6,9-11,13H,2-4,7-8H2,1H3/b15-11+. The van der Waals surface area contributed by atoms with E-state index in [1.165, 1.54) is 12.8 Å². The molecule has 110 valence electrons. The zero-order valence-electron chi connectivity index (χ0n) is 12.2. The second-order valence-electron chi connectivity index (χ2n) is 5.36. The van der Waals surface area contributed by atoms with Gasteiger partial charge in [-0.15, -0.1) is 0 Å². The van der Waals surface area contributed by atoms with E-state index >= 15 is 0 Å². The molecule has 3 rings (SSSR count). The average Bonchev–Trinajstić information content (AvgIpc) is 3.10. The molecule has 0 spiro atoms. The van der Waals surface area contributed by atoms with Crippen molar-refractivity contribution in [1.29, 1.82) is 0 Å². The van der Waals surface area contributed by atoms with Crippen LogP contribution in [0.2, 0.25) is 0 Å². The zero-order chi connectivity index (χ0) is 14.7. The van der Waals surface area contributed by atoms with Gasteiger partial charge in [0, 0.05) is 5.92 Å². The molecule has 0 unspecified atom stereocenters. The van der Waals surface area contributed by atoms with Gasteiger partial charge in [0.25, 0.3) is 0 Å². The Bertz CT molecular complexity index is 598. The fourth-order valence-electron chi connectivity index (χ4n) is 2.79. The summed E-state index contributed by atoms with van der Waals surface area (Å²) in [7, 11) is 0. The highest BCUT2D eigenvalue weighted by Gasteiger charge is 2.30. The number of cyclic esters (lactones) is 1. The normalized spacial score (nSPS) is 20.7. The minimum absolute atomic E-state index is 0.314. The molecule has 1 heterocycles. The van der Waals surface area contributed by atoms with Gasteiger partial charge in [-0.05, 0) is 43.5 Å². The Morgan fingerprint density at radius 3 is 2.95 bits per heavy atom. The fourth-order valence-corrected chi connectivity index (χ4v) is 2.79. The van der Waals surface area contributed by atoms with E-state index in [-0.39, 0.29) is 5.97 Å². The Kier molecular flexibility index (Phi) is 4.04. The number of hydrogen-bond donors (Lipinski definition) is 0. The quantitative estimate of drug-likeness (QED) is 0.627. The lowest BCUT2D eigenvalue weighted by Gasteiger charge is -2.05. The van der Waals surface area contributed by atoms with Crippen molar-refractivity contribution in [2.24, 2.45) is 10.9 Å². The molecular weight excluding hydrogens is 266 g/mol. The molecule has 0 aromatic heterocycles. The summed E-state index contributed by atoms with van der Waals surface area (Å²) in [6.07, 6.45) is 6.28. The van der Waals surface area contributed by atoms with Crippen molar-refractivity contribution >= 4 is 17.9 Å². The predicted molar refractivity (Wildman–Crippen MR) is 81.1 cm³/mol. The summed E-state index contributed by atoms with van der Waals surface area (Å²) in [4.78, 5) is 16.3. The smallest absolute Gasteiger partial charge is 0.363 e. The molecule has 4 heteroatoms. The third-order valence-electron chi connectivity index (χ3n) is 3.81. The third-order valence-corrected chi connectivity index (χ3v) is 3.81. The Balaban J connectivity index is 1.81. The topological polar surface area (TPSA) is 47.9 Å². The first kappa shape index (κ1) is 13.9. The Hall–Kier alpha value is -2.10. The maximum absolute atomic E-state index is 11.9. The van der Waals surface area contributed by atoms with Gasteiger partial charge in [0.15, 0.2) is 5.70 Å². The second kappa shape index (κ2) is 6.12. The zero-order valence-corrected chi connectivity index (χ0v) is 12.2. The molecule has 1 saturated carbocycles. The van der Waals surface area contributed by atoms with Crippen LogP contribution in [-0.2, 0) is 9.53 Å². The molecule has 1 aliphatic heterocycles. The van der Waals surface area contributed by atoms with Crippen LogP contribution in [0, 0.1) is 5.92 Å². The van der Waals surface area contributed by atoms with Gasteiger partial charge in [-0.2, -0.15) is 0 Å². The molecule has 0 atom stereocenters. The van der Waals surface area contributed by atoms with E-state index in [1.54, 1.807) is 6.08 Å². The number of rotatable bonds is 4. The van der Waals surface area contributed by atoms with E-state index in [4.69, 9.17) is 9.47 Å². The molecule has 0 N–H and O–H groups in total. The van der Waals surface area contributed by atoms with Gasteiger partial charge in [-0.1, -0.05) is 25.0 Å².